The highest BCUT2D eigenvalue weighted by Crippen LogP contribution is 2.52. The van der Waals surface area contributed by atoms with Crippen LogP contribution in [0.25, 0.3) is 0 Å². The summed E-state index contributed by atoms with van der Waals surface area (Å²) in [4.78, 5) is 0. The van der Waals surface area contributed by atoms with Gasteiger partial charge in [0, 0.05) is 0 Å². The lowest BCUT2D eigenvalue weighted by molar-refractivity contribution is 0.404. The Kier molecular flexibility index (Phi) is 3.27. The van der Waals surface area contributed by atoms with Crippen LogP contribution in [0.5, 0.6) is 5.75 Å². The van der Waals surface area contributed by atoms with Crippen molar-refractivity contribution in [3.63, 3.8) is 0 Å². The molecule has 3 rings (SSSR count). The van der Waals surface area contributed by atoms with Crippen molar-refractivity contribution in [2.24, 2.45) is 5.92 Å². The molecule has 0 unspecified atom stereocenters. The molecular weight excluding hydrogens is 227 g/mol. The molecule has 2 fully saturated rings. The third-order valence-electron chi connectivity index (χ3n) is 4.34. The molecule has 0 N–H and O–H groups in total. The van der Waals surface area contributed by atoms with E-state index in [4.69, 9.17) is 4.74 Å². The minimum Gasteiger partial charge on any atom is -0.497 e. The van der Waals surface area contributed by atoms with Crippen LogP contribution < -0.4 is 4.74 Å². The zero-order valence-electron chi connectivity index (χ0n) is 10.9. The van der Waals surface area contributed by atoms with E-state index in [0.29, 0.717) is 5.92 Å². The summed E-state index contributed by atoms with van der Waals surface area (Å²) in [6, 6.07) is 5.15. The lowest BCUT2D eigenvalue weighted by atomic mass is 9.73. The van der Waals surface area contributed by atoms with Crippen molar-refractivity contribution < 1.29 is 9.13 Å². The molecule has 0 heterocycles. The van der Waals surface area contributed by atoms with Gasteiger partial charge in [-0.3, -0.25) is 0 Å². The second-order valence-electron chi connectivity index (χ2n) is 5.53. The van der Waals surface area contributed by atoms with Crippen LogP contribution in [0.15, 0.2) is 18.2 Å². The number of benzene rings is 1. The molecule has 18 heavy (non-hydrogen) atoms. The van der Waals surface area contributed by atoms with Gasteiger partial charge in [-0.1, -0.05) is 12.8 Å². The van der Waals surface area contributed by atoms with E-state index < -0.39 is 0 Å². The van der Waals surface area contributed by atoms with Gasteiger partial charge in [-0.25, -0.2) is 4.39 Å². The summed E-state index contributed by atoms with van der Waals surface area (Å²) in [5, 5.41) is 0. The van der Waals surface area contributed by atoms with Gasteiger partial charge in [-0.05, 0) is 67.2 Å². The number of hydrogen-bond acceptors (Lipinski definition) is 1. The average molecular weight is 247 g/mol. The van der Waals surface area contributed by atoms with Crippen molar-refractivity contribution in [1.29, 1.82) is 0 Å². The second-order valence-corrected chi connectivity index (χ2v) is 5.53. The first kappa shape index (κ1) is 12.0. The second kappa shape index (κ2) is 4.91. The highest BCUT2D eigenvalue weighted by Gasteiger charge is 2.39. The maximum atomic E-state index is 14.1. The first-order valence-corrected chi connectivity index (χ1v) is 6.98. The summed E-state index contributed by atoms with van der Waals surface area (Å²) < 4.78 is 19.3. The number of ether oxygens (including phenoxy) is 1. The van der Waals surface area contributed by atoms with Gasteiger partial charge < -0.3 is 4.74 Å². The number of halogens is 1. The summed E-state index contributed by atoms with van der Waals surface area (Å²) >= 11 is 0. The SMILES string of the molecule is COc1ccc(F)c([C@@H]2CCCC[C]2C2CC2)c1. The van der Waals surface area contributed by atoms with E-state index in [-0.39, 0.29) is 5.82 Å². The van der Waals surface area contributed by atoms with Crippen LogP contribution in [0.1, 0.15) is 50.0 Å². The number of hydrogen-bond donors (Lipinski definition) is 0. The monoisotopic (exact) mass is 247 g/mol. The lowest BCUT2D eigenvalue weighted by Crippen LogP contribution is -2.18. The van der Waals surface area contributed by atoms with Crippen LogP contribution in [0.2, 0.25) is 0 Å². The fraction of sp³-hybridized carbons (Fsp3) is 0.562. The molecule has 2 heteroatoms. The van der Waals surface area contributed by atoms with Gasteiger partial charge in [0.1, 0.15) is 11.6 Å². The topological polar surface area (TPSA) is 9.23 Å². The summed E-state index contributed by atoms with van der Waals surface area (Å²) in [5.41, 5.74) is 0.857. The van der Waals surface area contributed by atoms with Crippen molar-refractivity contribution in [3.8, 4) is 5.75 Å². The van der Waals surface area contributed by atoms with Crippen LogP contribution >= 0.6 is 0 Å². The summed E-state index contributed by atoms with van der Waals surface area (Å²) in [7, 11) is 1.64. The highest BCUT2D eigenvalue weighted by atomic mass is 19.1. The Balaban J connectivity index is 1.90. The van der Waals surface area contributed by atoms with Gasteiger partial charge in [0.05, 0.1) is 7.11 Å². The highest BCUT2D eigenvalue weighted by molar-refractivity contribution is 5.36. The van der Waals surface area contributed by atoms with E-state index in [1.807, 2.05) is 6.07 Å². The molecule has 0 amide bonds. The van der Waals surface area contributed by atoms with Crippen LogP contribution in [-0.4, -0.2) is 7.11 Å². The third-order valence-corrected chi connectivity index (χ3v) is 4.34. The molecule has 1 nitrogen and oxygen atoms in total. The Bertz CT molecular complexity index is 425. The zero-order valence-corrected chi connectivity index (χ0v) is 10.9. The zero-order chi connectivity index (χ0) is 12.5. The van der Waals surface area contributed by atoms with Gasteiger partial charge >= 0.3 is 0 Å². The van der Waals surface area contributed by atoms with Gasteiger partial charge in [0.2, 0.25) is 0 Å². The third kappa shape index (κ3) is 2.25. The van der Waals surface area contributed by atoms with Gasteiger partial charge in [-0.15, -0.1) is 0 Å². The van der Waals surface area contributed by atoms with Crippen molar-refractivity contribution in [3.05, 3.63) is 35.5 Å². The first-order chi connectivity index (χ1) is 8.79. The molecular formula is C16H20FO. The maximum Gasteiger partial charge on any atom is 0.126 e. The molecule has 0 aromatic heterocycles. The standard InChI is InChI=1S/C16H20FO/c1-18-12-8-9-16(17)15(10-12)14-5-3-2-4-13(14)11-6-7-11/h8-11,14H,2-7H2,1H3/t14-/m1/s1. The average Bonchev–Trinajstić information content (AvgIpc) is 3.24. The van der Waals surface area contributed by atoms with Gasteiger partial charge in [-0.2, -0.15) is 0 Å². The fourth-order valence-corrected chi connectivity index (χ4v) is 3.25. The molecule has 97 valence electrons. The fourth-order valence-electron chi connectivity index (χ4n) is 3.25. The Hall–Kier alpha value is -1.05. The molecule has 2 aliphatic carbocycles. The Morgan fingerprint density at radius 3 is 2.72 bits per heavy atom. The van der Waals surface area contributed by atoms with Gasteiger partial charge in [0.15, 0.2) is 0 Å². The molecule has 0 bridgehead atoms. The van der Waals surface area contributed by atoms with Gasteiger partial charge in [0.25, 0.3) is 0 Å². The predicted molar refractivity (Wildman–Crippen MR) is 70.1 cm³/mol. The summed E-state index contributed by atoms with van der Waals surface area (Å²) in [6.45, 7) is 0. The number of methoxy groups -OCH3 is 1. The van der Waals surface area contributed by atoms with Crippen LogP contribution in [0.4, 0.5) is 4.39 Å². The molecule has 1 radical (unpaired) electrons. The van der Waals surface area contributed by atoms with Crippen molar-refractivity contribution in [2.45, 2.75) is 44.4 Å². The van der Waals surface area contributed by atoms with E-state index in [0.717, 1.165) is 23.7 Å². The summed E-state index contributed by atoms with van der Waals surface area (Å²) in [5.74, 6) is 3.42. The normalized spacial score (nSPS) is 25.1. The summed E-state index contributed by atoms with van der Waals surface area (Å²) in [6.07, 6.45) is 7.45. The van der Waals surface area contributed by atoms with Crippen molar-refractivity contribution in [2.75, 3.05) is 7.11 Å². The lowest BCUT2D eigenvalue weighted by Gasteiger charge is -2.32. The smallest absolute Gasteiger partial charge is 0.126 e. The Morgan fingerprint density at radius 2 is 2.00 bits per heavy atom. The van der Waals surface area contributed by atoms with E-state index >= 15 is 0 Å². The van der Waals surface area contributed by atoms with E-state index in [9.17, 15) is 4.39 Å². The van der Waals surface area contributed by atoms with Crippen molar-refractivity contribution in [1.82, 2.24) is 0 Å². The molecule has 0 aliphatic heterocycles. The number of rotatable bonds is 3. The molecule has 1 atom stereocenters. The quantitative estimate of drug-likeness (QED) is 0.765. The van der Waals surface area contributed by atoms with E-state index in [1.54, 1.807) is 25.2 Å². The minimum absolute atomic E-state index is 0.0687. The van der Waals surface area contributed by atoms with Crippen LogP contribution in [0.3, 0.4) is 0 Å². The maximum absolute atomic E-state index is 14.1. The van der Waals surface area contributed by atoms with Crippen LogP contribution in [0, 0.1) is 17.7 Å². The van der Waals surface area contributed by atoms with Crippen molar-refractivity contribution >= 4 is 0 Å². The Morgan fingerprint density at radius 1 is 1.17 bits per heavy atom. The molecule has 0 saturated heterocycles. The largest absolute Gasteiger partial charge is 0.497 e. The molecule has 0 spiro atoms. The Labute approximate surface area is 108 Å². The predicted octanol–water partition coefficient (Wildman–Crippen LogP) is 4.48. The van der Waals surface area contributed by atoms with Crippen LogP contribution in [-0.2, 0) is 0 Å². The van der Waals surface area contributed by atoms with E-state index in [1.165, 1.54) is 32.1 Å². The first-order valence-electron chi connectivity index (χ1n) is 6.98. The van der Waals surface area contributed by atoms with E-state index in [2.05, 4.69) is 0 Å². The minimum atomic E-state index is -0.0687. The molecule has 2 aliphatic rings. The molecule has 2 saturated carbocycles. The molecule has 1 aromatic carbocycles. The molecule has 1 aromatic rings.